The minimum absolute atomic E-state index is 0.0627. The van der Waals surface area contributed by atoms with Gasteiger partial charge in [-0.1, -0.05) is 23.2 Å². The Bertz CT molecular complexity index is 1070. The lowest BCUT2D eigenvalue weighted by atomic mass is 10.2. The zero-order valence-electron chi connectivity index (χ0n) is 15.7. The highest BCUT2D eigenvalue weighted by atomic mass is 35.5. The van der Waals surface area contributed by atoms with Gasteiger partial charge in [0.1, 0.15) is 11.8 Å². The van der Waals surface area contributed by atoms with Gasteiger partial charge in [-0.05, 0) is 31.2 Å². The van der Waals surface area contributed by atoms with Crippen molar-refractivity contribution in [1.29, 1.82) is 5.26 Å². The van der Waals surface area contributed by atoms with Crippen molar-refractivity contribution < 1.29 is 24.0 Å². The third-order valence-electron chi connectivity index (χ3n) is 3.56. The first-order chi connectivity index (χ1) is 14.7. The van der Waals surface area contributed by atoms with Crippen LogP contribution in [-0.2, 0) is 9.53 Å². The lowest BCUT2D eigenvalue weighted by molar-refractivity contribution is -0.384. The molecule has 0 heterocycles. The van der Waals surface area contributed by atoms with E-state index >= 15 is 0 Å². The number of benzene rings is 2. The monoisotopic (exact) mass is 465 g/mol. The number of nitriles is 1. The average Bonchev–Trinajstić information content (AvgIpc) is 2.71. The number of hydrazone groups is 1. The summed E-state index contributed by atoms with van der Waals surface area (Å²) < 4.78 is 9.75. The van der Waals surface area contributed by atoms with Crippen LogP contribution in [0.25, 0.3) is 0 Å². The van der Waals surface area contributed by atoms with Gasteiger partial charge < -0.3 is 15.2 Å². The smallest absolute Gasteiger partial charge is 0.412 e. The number of rotatable bonds is 7. The molecule has 2 rings (SSSR count). The summed E-state index contributed by atoms with van der Waals surface area (Å²) in [7, 11) is 0. The van der Waals surface area contributed by atoms with Gasteiger partial charge in [0.25, 0.3) is 5.69 Å². The van der Waals surface area contributed by atoms with Gasteiger partial charge in [-0.2, -0.15) is 10.4 Å². The average molecular weight is 466 g/mol. The Kier molecular flexibility index (Phi) is 7.73. The number of primary amides is 1. The van der Waals surface area contributed by atoms with E-state index in [4.69, 9.17) is 38.9 Å². The summed E-state index contributed by atoms with van der Waals surface area (Å²) in [5.74, 6) is -0.980. The number of non-ortho nitro benzene ring substituents is 1. The highest BCUT2D eigenvalue weighted by Crippen LogP contribution is 2.40. The Morgan fingerprint density at radius 2 is 1.84 bits per heavy atom. The molecule has 0 atom stereocenters. The van der Waals surface area contributed by atoms with Crippen LogP contribution >= 0.6 is 23.2 Å². The zero-order valence-corrected chi connectivity index (χ0v) is 17.3. The van der Waals surface area contributed by atoms with Crippen molar-refractivity contribution in [2.45, 2.75) is 6.92 Å². The topological polar surface area (TPSA) is 161 Å². The molecule has 0 aliphatic carbocycles. The number of nitrogens with zero attached hydrogens (tertiary/aromatic N) is 4. The molecule has 0 aliphatic rings. The Labute approximate surface area is 185 Å². The highest BCUT2D eigenvalue weighted by molar-refractivity contribution is 6.44. The van der Waals surface area contributed by atoms with Crippen molar-refractivity contribution in [3.8, 4) is 17.6 Å². The van der Waals surface area contributed by atoms with Gasteiger partial charge in [-0.15, -0.1) is 0 Å². The first kappa shape index (κ1) is 23.4. The van der Waals surface area contributed by atoms with Crippen LogP contribution in [0.4, 0.5) is 16.2 Å². The Hall–Kier alpha value is -3.88. The van der Waals surface area contributed by atoms with E-state index in [9.17, 15) is 19.7 Å². The van der Waals surface area contributed by atoms with Crippen LogP contribution in [0.5, 0.6) is 11.5 Å². The Morgan fingerprint density at radius 1 is 1.26 bits per heavy atom. The lowest BCUT2D eigenvalue weighted by Gasteiger charge is -2.19. The predicted octanol–water partition coefficient (Wildman–Crippen LogP) is 4.02. The normalized spacial score (nSPS) is 10.7. The fraction of sp³-hybridized carbons (Fsp3) is 0.111. The van der Waals surface area contributed by atoms with E-state index in [0.29, 0.717) is 5.69 Å². The van der Waals surface area contributed by atoms with E-state index in [2.05, 4.69) is 9.84 Å². The number of ether oxygens (including phenoxy) is 2. The number of carbonyl (C=O) groups excluding carboxylic acids is 2. The zero-order chi connectivity index (χ0) is 23.1. The number of halogens is 2. The van der Waals surface area contributed by atoms with Gasteiger partial charge in [0.05, 0.1) is 20.7 Å². The summed E-state index contributed by atoms with van der Waals surface area (Å²) in [6.07, 6.45) is -1.38. The number of nitro groups is 1. The molecule has 0 fully saturated rings. The van der Waals surface area contributed by atoms with Crippen LogP contribution in [0.2, 0.25) is 10.0 Å². The molecule has 2 aromatic rings. The van der Waals surface area contributed by atoms with Gasteiger partial charge in [-0.3, -0.25) is 15.1 Å². The molecule has 0 spiro atoms. The highest BCUT2D eigenvalue weighted by Gasteiger charge is 2.19. The molecule has 31 heavy (non-hydrogen) atoms. The third-order valence-corrected chi connectivity index (χ3v) is 4.12. The summed E-state index contributed by atoms with van der Waals surface area (Å²) in [5.41, 5.74) is 4.23. The molecule has 2 aromatic carbocycles. The lowest BCUT2D eigenvalue weighted by Crippen LogP contribution is -2.27. The maximum absolute atomic E-state index is 11.7. The van der Waals surface area contributed by atoms with Crippen molar-refractivity contribution in [2.24, 2.45) is 10.8 Å². The van der Waals surface area contributed by atoms with Crippen LogP contribution in [0.15, 0.2) is 41.5 Å². The first-order valence-electron chi connectivity index (χ1n) is 8.35. The fourth-order valence-corrected chi connectivity index (χ4v) is 2.78. The van der Waals surface area contributed by atoms with Crippen LogP contribution < -0.4 is 15.5 Å². The van der Waals surface area contributed by atoms with E-state index in [1.807, 2.05) is 0 Å². The predicted molar refractivity (Wildman–Crippen MR) is 111 cm³/mol. The third kappa shape index (κ3) is 6.05. The summed E-state index contributed by atoms with van der Waals surface area (Å²) >= 11 is 12.5. The quantitative estimate of drug-likeness (QED) is 0.210. The number of nitrogens with two attached hydrogens (primary N) is 1. The molecular formula is C18H13Cl2N5O6. The van der Waals surface area contributed by atoms with Gasteiger partial charge in [-0.25, -0.2) is 9.59 Å². The standard InChI is InChI=1S/C18H13Cl2N5O6/c1-2-24(23-15(9-21)17(26)31-18(22)27)11-7-13(19)16(14(20)8-11)30-12-5-3-10(4-6-12)25(28)29/h3-8H,2H2,1H3,(H2,22,27). The molecule has 0 aliphatic heterocycles. The summed E-state index contributed by atoms with van der Waals surface area (Å²) in [4.78, 5) is 32.6. The molecule has 160 valence electrons. The van der Waals surface area contributed by atoms with Crippen molar-refractivity contribution in [3.63, 3.8) is 0 Å². The van der Waals surface area contributed by atoms with E-state index in [-0.39, 0.29) is 33.8 Å². The van der Waals surface area contributed by atoms with E-state index in [1.165, 1.54) is 47.5 Å². The molecular weight excluding hydrogens is 453 g/mol. The second-order valence-electron chi connectivity index (χ2n) is 5.58. The largest absolute Gasteiger partial charge is 0.454 e. The first-order valence-corrected chi connectivity index (χ1v) is 9.11. The van der Waals surface area contributed by atoms with E-state index in [0.717, 1.165) is 0 Å². The van der Waals surface area contributed by atoms with Crippen molar-refractivity contribution in [1.82, 2.24) is 0 Å². The molecule has 0 unspecified atom stereocenters. The number of nitro benzene ring substituents is 1. The molecule has 11 nitrogen and oxygen atoms in total. The Balaban J connectivity index is 2.33. The van der Waals surface area contributed by atoms with Crippen LogP contribution in [-0.4, -0.2) is 29.2 Å². The molecule has 1 amide bonds. The van der Waals surface area contributed by atoms with Gasteiger partial charge in [0, 0.05) is 18.7 Å². The minimum Gasteiger partial charge on any atom is -0.454 e. The maximum Gasteiger partial charge on any atom is 0.412 e. The molecule has 0 radical (unpaired) electrons. The van der Waals surface area contributed by atoms with Crippen LogP contribution in [0.1, 0.15) is 6.92 Å². The summed E-state index contributed by atoms with van der Waals surface area (Å²) in [6, 6.07) is 9.61. The SMILES string of the molecule is CCN(N=C(C#N)C(=O)OC(N)=O)c1cc(Cl)c(Oc2ccc([N+](=O)[O-])cc2)c(Cl)c1. The second kappa shape index (κ2) is 10.2. The number of anilines is 1. The summed E-state index contributed by atoms with van der Waals surface area (Å²) in [5, 5.41) is 25.0. The number of esters is 1. The second-order valence-corrected chi connectivity index (χ2v) is 6.39. The molecule has 0 aromatic heterocycles. The van der Waals surface area contributed by atoms with E-state index < -0.39 is 22.7 Å². The molecule has 0 saturated heterocycles. The van der Waals surface area contributed by atoms with E-state index in [1.54, 1.807) is 6.92 Å². The van der Waals surface area contributed by atoms with Gasteiger partial charge >= 0.3 is 12.1 Å². The molecule has 0 saturated carbocycles. The molecule has 0 bridgehead atoms. The summed E-state index contributed by atoms with van der Waals surface area (Å²) in [6.45, 7) is 1.85. The minimum atomic E-state index is -1.38. The molecule has 2 N–H and O–H groups in total. The van der Waals surface area contributed by atoms with Gasteiger partial charge in [0.2, 0.25) is 5.71 Å². The van der Waals surface area contributed by atoms with Crippen molar-refractivity contribution in [2.75, 3.05) is 11.6 Å². The number of hydrogen-bond donors (Lipinski definition) is 1. The Morgan fingerprint density at radius 3 is 2.29 bits per heavy atom. The van der Waals surface area contributed by atoms with Crippen molar-refractivity contribution >= 4 is 52.4 Å². The number of carbonyl (C=O) groups is 2. The maximum atomic E-state index is 11.7. The fourth-order valence-electron chi connectivity index (χ4n) is 2.23. The molecule has 13 heteroatoms. The van der Waals surface area contributed by atoms with Crippen molar-refractivity contribution in [3.05, 3.63) is 56.6 Å². The van der Waals surface area contributed by atoms with Gasteiger partial charge in [0.15, 0.2) is 5.75 Å². The number of amides is 1. The van der Waals surface area contributed by atoms with Crippen LogP contribution in [0, 0.1) is 21.4 Å². The number of hydrogen-bond acceptors (Lipinski definition) is 9. The van der Waals surface area contributed by atoms with Crippen LogP contribution in [0.3, 0.4) is 0 Å².